The summed E-state index contributed by atoms with van der Waals surface area (Å²) in [6, 6.07) is 7.36. The maximum Gasteiger partial charge on any atom is 0.251 e. The van der Waals surface area contributed by atoms with Crippen LogP contribution in [-0.4, -0.2) is 50.5 Å². The summed E-state index contributed by atoms with van der Waals surface area (Å²) in [5.41, 5.74) is 0.00545. The maximum atomic E-state index is 12.4. The molecule has 1 aliphatic rings. The Morgan fingerprint density at radius 2 is 1.86 bits per heavy atom. The van der Waals surface area contributed by atoms with Crippen molar-refractivity contribution < 1.29 is 22.7 Å². The number of sulfonamides is 1. The minimum atomic E-state index is -3.71. The van der Waals surface area contributed by atoms with E-state index in [1.165, 1.54) is 20.2 Å². The molecule has 28 heavy (non-hydrogen) atoms. The number of nitrogens with one attached hydrogen (secondary N) is 1. The second-order valence-corrected chi connectivity index (χ2v) is 8.53. The van der Waals surface area contributed by atoms with Gasteiger partial charge in [0.25, 0.3) is 5.56 Å². The number of carbonyl (C=O) groups is 1. The largest absolute Gasteiger partial charge is 0.490 e. The Balaban J connectivity index is 1.77. The van der Waals surface area contributed by atoms with Crippen LogP contribution in [0.5, 0.6) is 11.5 Å². The zero-order chi connectivity index (χ0) is 20.3. The van der Waals surface area contributed by atoms with Crippen molar-refractivity contribution >= 4 is 21.6 Å². The molecule has 0 unspecified atom stereocenters. The summed E-state index contributed by atoms with van der Waals surface area (Å²) in [5.74, 6) is 0.663. The van der Waals surface area contributed by atoms with E-state index in [2.05, 4.69) is 5.32 Å². The first-order valence-electron chi connectivity index (χ1n) is 8.60. The van der Waals surface area contributed by atoms with Crippen LogP contribution in [0.15, 0.2) is 46.2 Å². The molecule has 0 spiro atoms. The van der Waals surface area contributed by atoms with Gasteiger partial charge in [0.15, 0.2) is 11.5 Å². The number of rotatable bonds is 5. The zero-order valence-corrected chi connectivity index (χ0v) is 16.4. The molecule has 0 aliphatic carbocycles. The number of hydrogen-bond acceptors (Lipinski definition) is 6. The molecule has 1 aromatic carbocycles. The Labute approximate surface area is 162 Å². The molecular weight excluding hydrogens is 386 g/mol. The van der Waals surface area contributed by atoms with Crippen LogP contribution < -0.4 is 20.3 Å². The molecule has 0 bridgehead atoms. The van der Waals surface area contributed by atoms with Gasteiger partial charge in [-0.25, -0.2) is 12.7 Å². The third kappa shape index (κ3) is 4.34. The van der Waals surface area contributed by atoms with Crippen LogP contribution in [0.25, 0.3) is 0 Å². The summed E-state index contributed by atoms with van der Waals surface area (Å²) >= 11 is 0. The number of carbonyl (C=O) groups excluding carboxylic acids is 1. The van der Waals surface area contributed by atoms with Gasteiger partial charge in [0.2, 0.25) is 15.9 Å². The van der Waals surface area contributed by atoms with Gasteiger partial charge >= 0.3 is 0 Å². The molecule has 0 radical (unpaired) electrons. The van der Waals surface area contributed by atoms with Crippen molar-refractivity contribution in [2.75, 3.05) is 32.6 Å². The second kappa shape index (κ2) is 8.03. The van der Waals surface area contributed by atoms with Gasteiger partial charge in [0.05, 0.1) is 18.1 Å². The molecule has 0 saturated carbocycles. The fraction of sp³-hybridized carbons (Fsp3) is 0.333. The van der Waals surface area contributed by atoms with Gasteiger partial charge in [-0.15, -0.1) is 0 Å². The lowest BCUT2D eigenvalue weighted by atomic mass is 10.2. The molecule has 3 rings (SSSR count). The molecule has 0 saturated heterocycles. The highest BCUT2D eigenvalue weighted by molar-refractivity contribution is 7.89. The van der Waals surface area contributed by atoms with E-state index in [1.807, 2.05) is 0 Å². The third-order valence-electron chi connectivity index (χ3n) is 4.08. The molecule has 0 fully saturated rings. The molecule has 1 amide bonds. The lowest BCUT2D eigenvalue weighted by molar-refractivity contribution is -0.116. The monoisotopic (exact) mass is 407 g/mol. The van der Waals surface area contributed by atoms with E-state index in [4.69, 9.17) is 9.47 Å². The van der Waals surface area contributed by atoms with Gasteiger partial charge in [0, 0.05) is 44.5 Å². The maximum absolute atomic E-state index is 12.4. The highest BCUT2D eigenvalue weighted by atomic mass is 32.2. The number of amides is 1. The van der Waals surface area contributed by atoms with Crippen LogP contribution in [0.3, 0.4) is 0 Å². The topological polar surface area (TPSA) is 107 Å². The van der Waals surface area contributed by atoms with Crippen LogP contribution >= 0.6 is 0 Å². The Morgan fingerprint density at radius 1 is 1.14 bits per heavy atom. The van der Waals surface area contributed by atoms with Crippen molar-refractivity contribution in [1.29, 1.82) is 0 Å². The van der Waals surface area contributed by atoms with E-state index >= 15 is 0 Å². The smallest absolute Gasteiger partial charge is 0.251 e. The summed E-state index contributed by atoms with van der Waals surface area (Å²) in [5, 5.41) is 2.68. The lowest BCUT2D eigenvalue weighted by Crippen LogP contribution is -2.29. The summed E-state index contributed by atoms with van der Waals surface area (Å²) in [6.45, 7) is 0.755. The Hall–Kier alpha value is -2.85. The van der Waals surface area contributed by atoms with E-state index in [9.17, 15) is 18.0 Å². The summed E-state index contributed by atoms with van der Waals surface area (Å²) in [6.07, 6.45) is 1.93. The predicted octanol–water partition coefficient (Wildman–Crippen LogP) is 0.899. The van der Waals surface area contributed by atoms with Crippen LogP contribution in [0.1, 0.15) is 6.42 Å². The van der Waals surface area contributed by atoms with E-state index < -0.39 is 21.5 Å². The molecule has 1 N–H and O–H groups in total. The molecule has 150 valence electrons. The van der Waals surface area contributed by atoms with Crippen molar-refractivity contribution in [2.24, 2.45) is 0 Å². The molecule has 9 nitrogen and oxygen atoms in total. The number of pyridine rings is 1. The number of nitrogens with zero attached hydrogens (tertiary/aromatic N) is 2. The highest BCUT2D eigenvalue weighted by Crippen LogP contribution is 2.32. The van der Waals surface area contributed by atoms with Crippen LogP contribution in [0.2, 0.25) is 0 Å². The van der Waals surface area contributed by atoms with Crippen molar-refractivity contribution in [1.82, 2.24) is 8.87 Å². The fourth-order valence-corrected chi connectivity index (χ4v) is 3.51. The summed E-state index contributed by atoms with van der Waals surface area (Å²) in [4.78, 5) is 24.3. The van der Waals surface area contributed by atoms with Gasteiger partial charge in [-0.3, -0.25) is 9.59 Å². The molecule has 2 heterocycles. The van der Waals surface area contributed by atoms with Crippen LogP contribution in [0.4, 0.5) is 5.69 Å². The van der Waals surface area contributed by atoms with E-state index in [1.54, 1.807) is 18.2 Å². The van der Waals surface area contributed by atoms with Crippen LogP contribution in [-0.2, 0) is 21.4 Å². The average molecular weight is 407 g/mol. The number of benzene rings is 1. The van der Waals surface area contributed by atoms with Gasteiger partial charge in [-0.05, 0) is 18.2 Å². The quantitative estimate of drug-likeness (QED) is 0.789. The van der Waals surface area contributed by atoms with Gasteiger partial charge in [-0.2, -0.15) is 0 Å². The van der Waals surface area contributed by atoms with Gasteiger partial charge in [-0.1, -0.05) is 0 Å². The summed E-state index contributed by atoms with van der Waals surface area (Å²) in [7, 11) is -0.932. The van der Waals surface area contributed by atoms with Crippen molar-refractivity contribution in [3.05, 3.63) is 46.9 Å². The molecule has 10 heteroatoms. The van der Waals surface area contributed by atoms with Crippen molar-refractivity contribution in [3.8, 4) is 11.5 Å². The number of aromatic nitrogens is 1. The van der Waals surface area contributed by atoms with Gasteiger partial charge in [0.1, 0.15) is 6.54 Å². The average Bonchev–Trinajstić information content (AvgIpc) is 2.88. The summed E-state index contributed by atoms with van der Waals surface area (Å²) < 4.78 is 37.7. The minimum Gasteiger partial charge on any atom is -0.490 e. The molecule has 1 aliphatic heterocycles. The Bertz CT molecular complexity index is 1050. The number of fused-ring (bicyclic) bond motifs is 1. The van der Waals surface area contributed by atoms with E-state index in [-0.39, 0.29) is 11.4 Å². The third-order valence-corrected chi connectivity index (χ3v) is 5.88. The minimum absolute atomic E-state index is 0.0690. The van der Waals surface area contributed by atoms with Gasteiger partial charge < -0.3 is 19.4 Å². The SMILES string of the molecule is CN(C)S(=O)(=O)c1ccc(=O)n(CC(=O)Nc2ccc3c(c2)OCCCO3)c1. The van der Waals surface area contributed by atoms with E-state index in [0.29, 0.717) is 30.4 Å². The molecule has 2 aromatic rings. The number of ether oxygens (including phenoxy) is 2. The first kappa shape index (κ1) is 19.9. The normalized spacial score (nSPS) is 13.8. The standard InChI is InChI=1S/C18H21N3O6S/c1-20(2)28(24,25)14-5-7-18(23)21(11-14)12-17(22)19-13-4-6-15-16(10-13)27-9-3-8-26-15/h4-7,10-11H,3,8-9,12H2,1-2H3,(H,19,22). The molecular formula is C18H21N3O6S. The Morgan fingerprint density at radius 3 is 2.57 bits per heavy atom. The molecule has 1 aromatic heterocycles. The van der Waals surface area contributed by atoms with Crippen molar-refractivity contribution in [2.45, 2.75) is 17.9 Å². The highest BCUT2D eigenvalue weighted by Gasteiger charge is 2.19. The first-order valence-corrected chi connectivity index (χ1v) is 10.0. The Kier molecular flexibility index (Phi) is 5.71. The first-order chi connectivity index (χ1) is 13.3. The van der Waals surface area contributed by atoms with Crippen LogP contribution in [0, 0.1) is 0 Å². The van der Waals surface area contributed by atoms with E-state index in [0.717, 1.165) is 27.6 Å². The second-order valence-electron chi connectivity index (χ2n) is 6.38. The zero-order valence-electron chi connectivity index (χ0n) is 15.5. The predicted molar refractivity (Wildman–Crippen MR) is 102 cm³/mol. The number of hydrogen-bond donors (Lipinski definition) is 1. The molecule has 0 atom stereocenters. The lowest BCUT2D eigenvalue weighted by Gasteiger charge is -2.13. The number of anilines is 1. The van der Waals surface area contributed by atoms with Crippen molar-refractivity contribution in [3.63, 3.8) is 0 Å². The fourth-order valence-electron chi connectivity index (χ4n) is 2.59.